The van der Waals surface area contributed by atoms with Gasteiger partial charge in [-0.15, -0.1) is 0 Å². The first-order valence-corrected chi connectivity index (χ1v) is 7.60. The third kappa shape index (κ3) is 3.60. The molecule has 1 aliphatic carbocycles. The van der Waals surface area contributed by atoms with Gasteiger partial charge in [0, 0.05) is 24.6 Å². The fourth-order valence-electron chi connectivity index (χ4n) is 2.79. The molecule has 1 fully saturated rings. The number of carbonyl (C=O) groups excluding carboxylic acids is 1. The van der Waals surface area contributed by atoms with E-state index in [4.69, 9.17) is 0 Å². The van der Waals surface area contributed by atoms with Crippen LogP contribution in [-0.2, 0) is 4.79 Å². The summed E-state index contributed by atoms with van der Waals surface area (Å²) in [5.74, 6) is 0.337. The fourth-order valence-corrected chi connectivity index (χ4v) is 2.79. The Morgan fingerprint density at radius 3 is 2.52 bits per heavy atom. The van der Waals surface area contributed by atoms with Gasteiger partial charge >= 0.3 is 0 Å². The zero-order chi connectivity index (χ0) is 15.4. The van der Waals surface area contributed by atoms with E-state index >= 15 is 0 Å². The number of rotatable bonds is 3. The number of aliphatic imine (C=N–C) groups is 1. The van der Waals surface area contributed by atoms with Crippen molar-refractivity contribution in [3.05, 3.63) is 47.2 Å². The molecule has 0 bridgehead atoms. The topological polar surface area (TPSA) is 49.7 Å². The summed E-state index contributed by atoms with van der Waals surface area (Å²) in [6, 6.07) is 10.2. The Kier molecular flexibility index (Phi) is 4.94. The molecule has 0 aliphatic heterocycles. The summed E-state index contributed by atoms with van der Waals surface area (Å²) in [5.41, 5.74) is 2.38. The van der Waals surface area contributed by atoms with Crippen LogP contribution in [-0.4, -0.2) is 22.6 Å². The molecule has 0 amide bonds. The molecule has 0 aromatic heterocycles. The van der Waals surface area contributed by atoms with Crippen molar-refractivity contribution in [1.82, 2.24) is 0 Å². The predicted molar refractivity (Wildman–Crippen MR) is 85.9 cm³/mol. The summed E-state index contributed by atoms with van der Waals surface area (Å²) in [6.07, 6.45) is 1.63. The van der Waals surface area contributed by atoms with Gasteiger partial charge in [-0.25, -0.2) is 0 Å². The molecule has 1 N–H and O–H groups in total. The third-order valence-electron chi connectivity index (χ3n) is 3.75. The van der Waals surface area contributed by atoms with Crippen molar-refractivity contribution in [1.29, 1.82) is 0 Å². The molecule has 1 unspecified atom stereocenters. The van der Waals surface area contributed by atoms with Crippen LogP contribution in [0.3, 0.4) is 0 Å². The van der Waals surface area contributed by atoms with E-state index in [0.717, 1.165) is 11.3 Å². The summed E-state index contributed by atoms with van der Waals surface area (Å²) in [7, 11) is 0. The highest BCUT2D eigenvalue weighted by molar-refractivity contribution is 6.24. The molecule has 1 aromatic rings. The Morgan fingerprint density at radius 2 is 1.95 bits per heavy atom. The second-order valence-electron chi connectivity index (χ2n) is 5.78. The highest BCUT2D eigenvalue weighted by Crippen LogP contribution is 2.33. The summed E-state index contributed by atoms with van der Waals surface area (Å²) >= 11 is 0. The van der Waals surface area contributed by atoms with Crippen molar-refractivity contribution in [2.75, 3.05) is 0 Å². The minimum atomic E-state index is 0.00820. The average molecular weight is 285 g/mol. The van der Waals surface area contributed by atoms with E-state index in [2.05, 4.69) is 17.1 Å². The SMILES string of the molecule is CCC(O)=C1C(=O)CC(c2ccccc2)CC1=NC(C)C. The highest BCUT2D eigenvalue weighted by atomic mass is 16.3. The Bertz CT molecular complexity index is 570. The summed E-state index contributed by atoms with van der Waals surface area (Å²) < 4.78 is 0. The fraction of sp³-hybridized carbons (Fsp3) is 0.444. The highest BCUT2D eigenvalue weighted by Gasteiger charge is 2.32. The second-order valence-corrected chi connectivity index (χ2v) is 5.78. The van der Waals surface area contributed by atoms with Crippen LogP contribution in [0.5, 0.6) is 0 Å². The number of Topliss-reactive ketones (excluding diaryl/α,β-unsaturated/α-hetero) is 1. The van der Waals surface area contributed by atoms with Gasteiger partial charge in [0.25, 0.3) is 0 Å². The molecule has 3 nitrogen and oxygen atoms in total. The smallest absolute Gasteiger partial charge is 0.168 e. The lowest BCUT2D eigenvalue weighted by atomic mass is 9.78. The van der Waals surface area contributed by atoms with Crippen LogP contribution in [0.15, 0.2) is 46.7 Å². The summed E-state index contributed by atoms with van der Waals surface area (Å²) in [4.78, 5) is 17.1. The standard InChI is InChI=1S/C18H23NO2/c1-4-16(20)18-15(19-12(2)3)10-14(11-17(18)21)13-8-6-5-7-9-13/h5-9,12,14,20H,4,10-11H2,1-3H3. The molecule has 0 saturated heterocycles. The number of ketones is 1. The van der Waals surface area contributed by atoms with E-state index in [0.29, 0.717) is 24.8 Å². The molecule has 2 rings (SSSR count). The Hall–Kier alpha value is -1.90. The van der Waals surface area contributed by atoms with Gasteiger partial charge in [-0.2, -0.15) is 0 Å². The lowest BCUT2D eigenvalue weighted by Gasteiger charge is -2.26. The number of hydrogen-bond acceptors (Lipinski definition) is 3. The van der Waals surface area contributed by atoms with Crippen molar-refractivity contribution in [2.24, 2.45) is 4.99 Å². The monoisotopic (exact) mass is 285 g/mol. The minimum absolute atomic E-state index is 0.00820. The van der Waals surface area contributed by atoms with Crippen molar-refractivity contribution in [2.45, 2.75) is 52.0 Å². The van der Waals surface area contributed by atoms with Crippen LogP contribution in [0, 0.1) is 0 Å². The van der Waals surface area contributed by atoms with Crippen molar-refractivity contribution < 1.29 is 9.90 Å². The predicted octanol–water partition coefficient (Wildman–Crippen LogP) is 4.20. The number of nitrogens with zero attached hydrogens (tertiary/aromatic N) is 1. The third-order valence-corrected chi connectivity index (χ3v) is 3.75. The van der Waals surface area contributed by atoms with Gasteiger partial charge < -0.3 is 5.11 Å². The van der Waals surface area contributed by atoms with Crippen LogP contribution < -0.4 is 0 Å². The largest absolute Gasteiger partial charge is 0.512 e. The minimum Gasteiger partial charge on any atom is -0.512 e. The molecule has 112 valence electrons. The molecule has 0 radical (unpaired) electrons. The van der Waals surface area contributed by atoms with E-state index in [1.54, 1.807) is 0 Å². The van der Waals surface area contributed by atoms with E-state index in [9.17, 15) is 9.90 Å². The van der Waals surface area contributed by atoms with Gasteiger partial charge in [0.1, 0.15) is 5.76 Å². The molecule has 0 spiro atoms. The number of aliphatic hydroxyl groups is 1. The Balaban J connectivity index is 2.39. The normalized spacial score (nSPS) is 23.7. The lowest BCUT2D eigenvalue weighted by Crippen LogP contribution is -2.27. The maximum Gasteiger partial charge on any atom is 0.168 e. The molecular weight excluding hydrogens is 262 g/mol. The van der Waals surface area contributed by atoms with Gasteiger partial charge in [-0.1, -0.05) is 37.3 Å². The zero-order valence-corrected chi connectivity index (χ0v) is 13.0. The number of carbonyl (C=O) groups is 1. The van der Waals surface area contributed by atoms with Gasteiger partial charge in [0.2, 0.25) is 0 Å². The summed E-state index contributed by atoms with van der Waals surface area (Å²) in [6.45, 7) is 5.83. The number of aliphatic hydroxyl groups excluding tert-OH is 1. The first-order chi connectivity index (χ1) is 10.0. The van der Waals surface area contributed by atoms with E-state index in [1.165, 1.54) is 0 Å². The molecule has 21 heavy (non-hydrogen) atoms. The maximum absolute atomic E-state index is 12.5. The van der Waals surface area contributed by atoms with Gasteiger partial charge in [0.15, 0.2) is 5.78 Å². The quantitative estimate of drug-likeness (QED) is 0.668. The van der Waals surface area contributed by atoms with Crippen molar-refractivity contribution in [3.8, 4) is 0 Å². The van der Waals surface area contributed by atoms with Crippen LogP contribution in [0.2, 0.25) is 0 Å². The van der Waals surface area contributed by atoms with Gasteiger partial charge in [-0.05, 0) is 31.7 Å². The lowest BCUT2D eigenvalue weighted by molar-refractivity contribution is -0.115. The maximum atomic E-state index is 12.5. The van der Waals surface area contributed by atoms with E-state index in [-0.39, 0.29) is 23.5 Å². The Morgan fingerprint density at radius 1 is 1.29 bits per heavy atom. The van der Waals surface area contributed by atoms with Crippen molar-refractivity contribution in [3.63, 3.8) is 0 Å². The van der Waals surface area contributed by atoms with E-state index < -0.39 is 0 Å². The molecular formula is C18H23NO2. The second kappa shape index (κ2) is 6.70. The van der Waals surface area contributed by atoms with Gasteiger partial charge in [0.05, 0.1) is 5.57 Å². The Labute approximate surface area is 126 Å². The average Bonchev–Trinajstić information content (AvgIpc) is 2.46. The number of benzene rings is 1. The molecule has 1 atom stereocenters. The number of hydrogen-bond donors (Lipinski definition) is 1. The van der Waals surface area contributed by atoms with Crippen LogP contribution in [0.1, 0.15) is 51.5 Å². The van der Waals surface area contributed by atoms with Crippen LogP contribution >= 0.6 is 0 Å². The van der Waals surface area contributed by atoms with E-state index in [1.807, 2.05) is 39.0 Å². The van der Waals surface area contributed by atoms with Crippen LogP contribution in [0.25, 0.3) is 0 Å². The molecule has 0 heterocycles. The van der Waals surface area contributed by atoms with Crippen LogP contribution in [0.4, 0.5) is 0 Å². The molecule has 3 heteroatoms. The molecule has 1 saturated carbocycles. The first kappa shape index (κ1) is 15.5. The molecule has 1 aliphatic rings. The van der Waals surface area contributed by atoms with Crippen molar-refractivity contribution >= 4 is 11.5 Å². The van der Waals surface area contributed by atoms with Gasteiger partial charge in [-0.3, -0.25) is 9.79 Å². The molecule has 1 aromatic carbocycles. The zero-order valence-electron chi connectivity index (χ0n) is 13.0. The number of allylic oxidation sites excluding steroid dienone is 2. The first-order valence-electron chi connectivity index (χ1n) is 7.60. The summed E-state index contributed by atoms with van der Waals surface area (Å²) in [5, 5.41) is 10.1.